The van der Waals surface area contributed by atoms with E-state index in [2.05, 4.69) is 5.10 Å². The summed E-state index contributed by atoms with van der Waals surface area (Å²) in [6.45, 7) is 4.42. The smallest absolute Gasteiger partial charge is 0.423 e. The third-order valence-electron chi connectivity index (χ3n) is 2.02. The van der Waals surface area contributed by atoms with E-state index >= 15 is 0 Å². The molecule has 0 aliphatic carbocycles. The van der Waals surface area contributed by atoms with Crippen LogP contribution in [-0.4, -0.2) is 40.7 Å². The fraction of sp³-hybridized carbons (Fsp3) is 0.625. The molecule has 0 bridgehead atoms. The summed E-state index contributed by atoms with van der Waals surface area (Å²) in [4.78, 5) is 0. The third-order valence-corrected chi connectivity index (χ3v) is 2.02. The van der Waals surface area contributed by atoms with Gasteiger partial charge in [0.05, 0.1) is 12.1 Å². The molecule has 0 aromatic carbocycles. The second-order valence-electron chi connectivity index (χ2n) is 3.84. The van der Waals surface area contributed by atoms with E-state index < -0.39 is 7.12 Å². The number of hydrogen-bond acceptors (Lipinski definition) is 4. The predicted molar refractivity (Wildman–Crippen MR) is 53.3 cm³/mol. The molecule has 1 rings (SSSR count). The highest BCUT2D eigenvalue weighted by atomic mass is 16.5. The van der Waals surface area contributed by atoms with Crippen molar-refractivity contribution in [3.8, 4) is 0 Å². The van der Waals surface area contributed by atoms with Gasteiger partial charge < -0.3 is 14.8 Å². The molecule has 0 saturated carbocycles. The molecule has 1 heterocycles. The van der Waals surface area contributed by atoms with Crippen LogP contribution in [-0.2, 0) is 10.3 Å². The summed E-state index contributed by atoms with van der Waals surface area (Å²) < 4.78 is 6.70. The van der Waals surface area contributed by atoms with Crippen LogP contribution in [0.3, 0.4) is 0 Å². The summed E-state index contributed by atoms with van der Waals surface area (Å²) in [5.74, 6) is 0. The van der Waals surface area contributed by atoms with Crippen LogP contribution in [0.4, 0.5) is 0 Å². The molecule has 14 heavy (non-hydrogen) atoms. The lowest BCUT2D eigenvalue weighted by molar-refractivity contribution is 0.101. The molecule has 5 nitrogen and oxygen atoms in total. The number of methoxy groups -OCH3 is 1. The fourth-order valence-corrected chi connectivity index (χ4v) is 1.22. The second-order valence-corrected chi connectivity index (χ2v) is 3.84. The molecule has 0 atom stereocenters. The van der Waals surface area contributed by atoms with Gasteiger partial charge in [-0.05, 0) is 13.8 Å². The Kier molecular flexibility index (Phi) is 3.31. The van der Waals surface area contributed by atoms with E-state index in [0.29, 0.717) is 12.1 Å². The van der Waals surface area contributed by atoms with Crippen molar-refractivity contribution in [2.24, 2.45) is 0 Å². The lowest BCUT2D eigenvalue weighted by Gasteiger charge is -2.24. The lowest BCUT2D eigenvalue weighted by Crippen LogP contribution is -2.33. The first-order valence-electron chi connectivity index (χ1n) is 4.37. The molecular formula is C8H15BN2O3. The van der Waals surface area contributed by atoms with Gasteiger partial charge in [-0.25, -0.2) is 0 Å². The maximum atomic E-state index is 8.90. The van der Waals surface area contributed by atoms with Crippen molar-refractivity contribution < 1.29 is 14.8 Å². The van der Waals surface area contributed by atoms with Gasteiger partial charge in [-0.15, -0.1) is 0 Å². The van der Waals surface area contributed by atoms with E-state index in [1.165, 1.54) is 6.20 Å². The molecule has 0 radical (unpaired) electrons. The van der Waals surface area contributed by atoms with Gasteiger partial charge in [0.1, 0.15) is 0 Å². The van der Waals surface area contributed by atoms with Gasteiger partial charge in [-0.1, -0.05) is 0 Å². The van der Waals surface area contributed by atoms with Crippen molar-refractivity contribution >= 4 is 12.6 Å². The Morgan fingerprint density at radius 3 is 2.64 bits per heavy atom. The average molecular weight is 198 g/mol. The predicted octanol–water partition coefficient (Wildman–Crippen LogP) is -1.06. The fourth-order valence-electron chi connectivity index (χ4n) is 1.22. The Bertz CT molecular complexity index is 299. The summed E-state index contributed by atoms with van der Waals surface area (Å²) in [6, 6.07) is 0. The zero-order valence-corrected chi connectivity index (χ0v) is 8.64. The monoisotopic (exact) mass is 198 g/mol. The van der Waals surface area contributed by atoms with Crippen LogP contribution in [0.25, 0.3) is 0 Å². The standard InChI is InChI=1S/C8H15BN2O3/c1-8(2,6-14-3)11-5-7(4-10-11)9(12)13/h4-5,12-13H,6H2,1-3H3. The number of hydrogen-bond donors (Lipinski definition) is 2. The molecule has 1 aromatic rings. The molecule has 78 valence electrons. The highest BCUT2D eigenvalue weighted by molar-refractivity contribution is 6.58. The summed E-state index contributed by atoms with van der Waals surface area (Å²) in [5, 5.41) is 21.9. The van der Waals surface area contributed by atoms with Crippen LogP contribution < -0.4 is 5.46 Å². The van der Waals surface area contributed by atoms with E-state index in [1.54, 1.807) is 18.0 Å². The minimum Gasteiger partial charge on any atom is -0.423 e. The number of nitrogens with zero attached hydrogens (tertiary/aromatic N) is 2. The van der Waals surface area contributed by atoms with E-state index in [0.717, 1.165) is 0 Å². The summed E-state index contributed by atoms with van der Waals surface area (Å²) in [7, 11) is 0.148. The van der Waals surface area contributed by atoms with Crippen LogP contribution in [0, 0.1) is 0 Å². The van der Waals surface area contributed by atoms with Crippen LogP contribution in [0.15, 0.2) is 12.4 Å². The minimum absolute atomic E-state index is 0.290. The molecular weight excluding hydrogens is 183 g/mol. The van der Waals surface area contributed by atoms with E-state index in [9.17, 15) is 0 Å². The van der Waals surface area contributed by atoms with E-state index in [-0.39, 0.29) is 5.54 Å². The zero-order chi connectivity index (χ0) is 10.8. The number of aromatic nitrogens is 2. The normalized spacial score (nSPS) is 11.8. The average Bonchev–Trinajstić information content (AvgIpc) is 2.51. The summed E-state index contributed by atoms with van der Waals surface area (Å²) >= 11 is 0. The first-order valence-corrected chi connectivity index (χ1v) is 4.37. The molecule has 0 saturated heterocycles. The Balaban J connectivity index is 2.85. The Morgan fingerprint density at radius 2 is 2.21 bits per heavy atom. The highest BCUT2D eigenvalue weighted by Crippen LogP contribution is 2.12. The van der Waals surface area contributed by atoms with Gasteiger partial charge in [0.25, 0.3) is 0 Å². The summed E-state index contributed by atoms with van der Waals surface area (Å²) in [5.41, 5.74) is 0.0937. The van der Waals surface area contributed by atoms with Crippen molar-refractivity contribution in [1.29, 1.82) is 0 Å². The molecule has 2 N–H and O–H groups in total. The van der Waals surface area contributed by atoms with Crippen molar-refractivity contribution in [2.75, 3.05) is 13.7 Å². The van der Waals surface area contributed by atoms with E-state index in [4.69, 9.17) is 14.8 Å². The largest absolute Gasteiger partial charge is 0.491 e. The maximum Gasteiger partial charge on any atom is 0.491 e. The summed E-state index contributed by atoms with van der Waals surface area (Å²) in [6.07, 6.45) is 3.03. The lowest BCUT2D eigenvalue weighted by atomic mass is 9.83. The third kappa shape index (κ3) is 2.34. The molecule has 6 heteroatoms. The van der Waals surface area contributed by atoms with Crippen LogP contribution in [0.2, 0.25) is 0 Å². The van der Waals surface area contributed by atoms with Gasteiger partial charge >= 0.3 is 7.12 Å². The van der Waals surface area contributed by atoms with Crippen molar-refractivity contribution in [1.82, 2.24) is 9.78 Å². The molecule has 0 aliphatic heterocycles. The highest BCUT2D eigenvalue weighted by Gasteiger charge is 2.23. The van der Waals surface area contributed by atoms with Gasteiger partial charge in [0.2, 0.25) is 0 Å². The zero-order valence-electron chi connectivity index (χ0n) is 8.64. The molecule has 0 fully saturated rings. The molecule has 1 aromatic heterocycles. The molecule has 0 unspecified atom stereocenters. The first-order chi connectivity index (χ1) is 6.47. The topological polar surface area (TPSA) is 67.5 Å². The van der Waals surface area contributed by atoms with Crippen molar-refractivity contribution in [2.45, 2.75) is 19.4 Å². The minimum atomic E-state index is -1.47. The SMILES string of the molecule is COCC(C)(C)n1cc(B(O)O)cn1. The van der Waals surface area contributed by atoms with Gasteiger partial charge in [-0.2, -0.15) is 5.10 Å². The van der Waals surface area contributed by atoms with Crippen molar-refractivity contribution in [3.63, 3.8) is 0 Å². The number of ether oxygens (including phenoxy) is 1. The van der Waals surface area contributed by atoms with Crippen molar-refractivity contribution in [3.05, 3.63) is 12.4 Å². The molecule has 0 amide bonds. The van der Waals surface area contributed by atoms with Crippen LogP contribution in [0.1, 0.15) is 13.8 Å². The Morgan fingerprint density at radius 1 is 1.57 bits per heavy atom. The Hall–Kier alpha value is -0.845. The second kappa shape index (κ2) is 4.12. The maximum absolute atomic E-state index is 8.90. The van der Waals surface area contributed by atoms with Crippen LogP contribution >= 0.6 is 0 Å². The first kappa shape index (κ1) is 11.2. The van der Waals surface area contributed by atoms with E-state index in [1.807, 2.05) is 13.8 Å². The van der Waals surface area contributed by atoms with Gasteiger partial charge in [0.15, 0.2) is 0 Å². The van der Waals surface area contributed by atoms with Gasteiger partial charge in [0, 0.05) is 25.0 Å². The van der Waals surface area contributed by atoms with Gasteiger partial charge in [-0.3, -0.25) is 4.68 Å². The number of rotatable bonds is 4. The molecule has 0 aliphatic rings. The molecule has 0 spiro atoms. The quantitative estimate of drug-likeness (QED) is 0.605. The van der Waals surface area contributed by atoms with Crippen LogP contribution in [0.5, 0.6) is 0 Å². The Labute approximate surface area is 83.5 Å².